The molecule has 0 spiro atoms. The van der Waals surface area contributed by atoms with Crippen molar-refractivity contribution in [1.29, 1.82) is 0 Å². The summed E-state index contributed by atoms with van der Waals surface area (Å²) in [5, 5.41) is 17.9. The third-order valence-corrected chi connectivity index (χ3v) is 4.88. The summed E-state index contributed by atoms with van der Waals surface area (Å²) < 4.78 is 5.06. The minimum absolute atomic E-state index is 0.0718. The molecule has 0 aliphatic heterocycles. The highest BCUT2D eigenvalue weighted by molar-refractivity contribution is 7.80. The molecule has 3 rings (SSSR count). The molecule has 0 saturated heterocycles. The predicted molar refractivity (Wildman–Crippen MR) is 90.4 cm³/mol. The molecule has 118 valence electrons. The van der Waals surface area contributed by atoms with E-state index in [1.165, 1.54) is 39.0 Å². The molecule has 5 nitrogen and oxygen atoms in total. The molecule has 22 heavy (non-hydrogen) atoms. The van der Waals surface area contributed by atoms with Gasteiger partial charge in [0.1, 0.15) is 0 Å². The van der Waals surface area contributed by atoms with Gasteiger partial charge in [0, 0.05) is 11.6 Å². The number of aromatic hydroxyl groups is 1. The monoisotopic (exact) mass is 319 g/mol. The van der Waals surface area contributed by atoms with E-state index in [1.54, 1.807) is 18.2 Å². The van der Waals surface area contributed by atoms with Gasteiger partial charge in [-0.25, -0.2) is 0 Å². The average Bonchev–Trinajstić information content (AvgIpc) is 3.11. The van der Waals surface area contributed by atoms with Crippen LogP contribution >= 0.6 is 12.2 Å². The zero-order chi connectivity index (χ0) is 15.5. The largest absolute Gasteiger partial charge is 0.504 e. The highest BCUT2D eigenvalue weighted by Gasteiger charge is 2.39. The molecule has 6 heteroatoms. The molecule has 3 N–H and O–H groups in total. The lowest BCUT2D eigenvalue weighted by Gasteiger charge is -2.23. The van der Waals surface area contributed by atoms with E-state index in [-0.39, 0.29) is 5.75 Å². The van der Waals surface area contributed by atoms with Gasteiger partial charge < -0.3 is 15.2 Å². The quantitative estimate of drug-likeness (QED) is 0.452. The number of nitrogens with one attached hydrogen (secondary N) is 2. The normalized spacial score (nSPS) is 26.3. The van der Waals surface area contributed by atoms with Crippen LogP contribution in [0.5, 0.6) is 11.5 Å². The van der Waals surface area contributed by atoms with Crippen molar-refractivity contribution in [2.75, 3.05) is 7.11 Å². The summed E-state index contributed by atoms with van der Waals surface area (Å²) in [5.74, 6) is 2.13. The Labute approximate surface area is 135 Å². The van der Waals surface area contributed by atoms with Crippen molar-refractivity contribution in [2.24, 2.45) is 16.9 Å². The van der Waals surface area contributed by atoms with Crippen molar-refractivity contribution in [1.82, 2.24) is 10.7 Å². The summed E-state index contributed by atoms with van der Waals surface area (Å²) in [7, 11) is 1.52. The van der Waals surface area contributed by atoms with Crippen LogP contribution in [0.4, 0.5) is 0 Å². The number of hydrogen-bond donors (Lipinski definition) is 3. The fourth-order valence-corrected chi connectivity index (χ4v) is 3.79. The van der Waals surface area contributed by atoms with Crippen LogP contribution in [0.1, 0.15) is 31.2 Å². The Morgan fingerprint density at radius 1 is 1.41 bits per heavy atom. The van der Waals surface area contributed by atoms with Crippen LogP contribution < -0.4 is 15.5 Å². The number of para-hydroxylation sites is 1. The molecule has 3 atom stereocenters. The Morgan fingerprint density at radius 3 is 2.95 bits per heavy atom. The van der Waals surface area contributed by atoms with E-state index in [2.05, 4.69) is 15.8 Å². The molecule has 2 saturated carbocycles. The molecule has 0 amide bonds. The molecule has 0 radical (unpaired) electrons. The van der Waals surface area contributed by atoms with Gasteiger partial charge in [0.05, 0.1) is 13.3 Å². The Kier molecular flexibility index (Phi) is 4.47. The minimum Gasteiger partial charge on any atom is -0.504 e. The third-order valence-electron chi connectivity index (χ3n) is 4.67. The maximum atomic E-state index is 9.96. The van der Waals surface area contributed by atoms with Crippen molar-refractivity contribution in [3.8, 4) is 11.5 Å². The maximum Gasteiger partial charge on any atom is 0.187 e. The molecule has 2 aliphatic rings. The number of nitrogens with zero attached hydrogens (tertiary/aromatic N) is 1. The van der Waals surface area contributed by atoms with Gasteiger partial charge in [0.2, 0.25) is 0 Å². The fourth-order valence-electron chi connectivity index (χ4n) is 3.59. The SMILES string of the molecule is COc1cccc(/C=N/NC(=S)N[C@@H]2C[C@@H]3CC[C@@H]2C3)c1O. The molecule has 0 heterocycles. The number of phenols is 1. The van der Waals surface area contributed by atoms with Crippen LogP contribution in [0.25, 0.3) is 0 Å². The number of methoxy groups -OCH3 is 1. The standard InChI is InChI=1S/C16H21N3O2S/c1-21-14-4-2-3-12(15(14)20)9-17-19-16(22)18-13-8-10-5-6-11(13)7-10/h2-4,9-11,13,20H,5-8H2,1H3,(H2,18,19,22)/b17-9+/t10-,11-,13-/m1/s1. The molecule has 2 bridgehead atoms. The Morgan fingerprint density at radius 2 is 2.27 bits per heavy atom. The van der Waals surface area contributed by atoms with Crippen LogP contribution in [0.2, 0.25) is 0 Å². The molecule has 1 aromatic carbocycles. The van der Waals surface area contributed by atoms with E-state index < -0.39 is 0 Å². The molecular formula is C16H21N3O2S. The second kappa shape index (κ2) is 6.52. The van der Waals surface area contributed by atoms with Gasteiger partial charge in [-0.2, -0.15) is 5.10 Å². The summed E-state index contributed by atoms with van der Waals surface area (Å²) in [5.41, 5.74) is 3.40. The zero-order valence-corrected chi connectivity index (χ0v) is 13.4. The first-order valence-electron chi connectivity index (χ1n) is 7.63. The number of rotatable bonds is 4. The molecule has 1 aromatic rings. The second-order valence-electron chi connectivity index (χ2n) is 6.02. The van der Waals surface area contributed by atoms with E-state index >= 15 is 0 Å². The Hall–Kier alpha value is -1.82. The molecule has 2 fully saturated rings. The number of hydrazone groups is 1. The second-order valence-corrected chi connectivity index (χ2v) is 6.43. The third kappa shape index (κ3) is 3.16. The minimum atomic E-state index is 0.0718. The van der Waals surface area contributed by atoms with Gasteiger partial charge in [0.25, 0.3) is 0 Å². The van der Waals surface area contributed by atoms with Crippen molar-refractivity contribution < 1.29 is 9.84 Å². The highest BCUT2D eigenvalue weighted by atomic mass is 32.1. The highest BCUT2D eigenvalue weighted by Crippen LogP contribution is 2.44. The van der Waals surface area contributed by atoms with Gasteiger partial charge in [-0.05, 0) is 55.4 Å². The Bertz CT molecular complexity index is 591. The molecule has 0 aromatic heterocycles. The lowest BCUT2D eigenvalue weighted by atomic mass is 9.96. The Balaban J connectivity index is 1.52. The number of phenolic OH excluding ortho intramolecular Hbond substituents is 1. The van der Waals surface area contributed by atoms with E-state index in [9.17, 15) is 5.11 Å². The maximum absolute atomic E-state index is 9.96. The predicted octanol–water partition coefficient (Wildman–Crippen LogP) is 2.39. The number of ether oxygens (including phenoxy) is 1. The van der Waals surface area contributed by atoms with E-state index in [0.29, 0.717) is 22.5 Å². The molecule has 0 unspecified atom stereocenters. The van der Waals surface area contributed by atoms with Crippen LogP contribution in [-0.2, 0) is 0 Å². The summed E-state index contributed by atoms with van der Waals surface area (Å²) in [6.07, 6.45) is 6.77. The van der Waals surface area contributed by atoms with Crippen LogP contribution in [-0.4, -0.2) is 29.6 Å². The van der Waals surface area contributed by atoms with Crippen molar-refractivity contribution in [3.05, 3.63) is 23.8 Å². The summed E-state index contributed by atoms with van der Waals surface area (Å²) in [6, 6.07) is 5.74. The van der Waals surface area contributed by atoms with Crippen LogP contribution in [0.15, 0.2) is 23.3 Å². The first kappa shape index (κ1) is 15.1. The van der Waals surface area contributed by atoms with E-state index in [4.69, 9.17) is 17.0 Å². The smallest absolute Gasteiger partial charge is 0.187 e. The average molecular weight is 319 g/mol. The number of fused-ring (bicyclic) bond motifs is 2. The van der Waals surface area contributed by atoms with Gasteiger partial charge in [-0.1, -0.05) is 12.5 Å². The lowest BCUT2D eigenvalue weighted by molar-refractivity contribution is 0.373. The van der Waals surface area contributed by atoms with Gasteiger partial charge in [-0.3, -0.25) is 5.43 Å². The van der Waals surface area contributed by atoms with E-state index in [1.807, 2.05) is 0 Å². The number of benzene rings is 1. The first-order valence-corrected chi connectivity index (χ1v) is 8.03. The number of thiocarbonyl (C=S) groups is 1. The van der Waals surface area contributed by atoms with Gasteiger partial charge in [-0.15, -0.1) is 0 Å². The van der Waals surface area contributed by atoms with E-state index in [0.717, 1.165) is 11.8 Å². The lowest BCUT2D eigenvalue weighted by Crippen LogP contribution is -2.42. The molecular weight excluding hydrogens is 298 g/mol. The topological polar surface area (TPSA) is 65.9 Å². The van der Waals surface area contributed by atoms with Gasteiger partial charge >= 0.3 is 0 Å². The van der Waals surface area contributed by atoms with Crippen molar-refractivity contribution in [2.45, 2.75) is 31.7 Å². The fraction of sp³-hybridized carbons (Fsp3) is 0.500. The first-order chi connectivity index (χ1) is 10.7. The number of hydrogen-bond acceptors (Lipinski definition) is 4. The van der Waals surface area contributed by atoms with Crippen molar-refractivity contribution >= 4 is 23.5 Å². The summed E-state index contributed by atoms with van der Waals surface area (Å²) >= 11 is 5.28. The van der Waals surface area contributed by atoms with Crippen LogP contribution in [0, 0.1) is 11.8 Å². The summed E-state index contributed by atoms with van der Waals surface area (Å²) in [4.78, 5) is 0. The van der Waals surface area contributed by atoms with Crippen LogP contribution in [0.3, 0.4) is 0 Å². The zero-order valence-electron chi connectivity index (χ0n) is 12.6. The summed E-state index contributed by atoms with van der Waals surface area (Å²) in [6.45, 7) is 0. The van der Waals surface area contributed by atoms with Gasteiger partial charge in [0.15, 0.2) is 16.6 Å². The molecule has 2 aliphatic carbocycles. The van der Waals surface area contributed by atoms with Crippen molar-refractivity contribution in [3.63, 3.8) is 0 Å².